The maximum absolute atomic E-state index is 10.2. The molecule has 1 rings (SSSR count). The van der Waals surface area contributed by atoms with E-state index in [-0.39, 0.29) is 38.8 Å². The Hall–Kier alpha value is 0.210. The molecule has 12 heavy (non-hydrogen) atoms. The third kappa shape index (κ3) is 2.92. The second-order valence-electron chi connectivity index (χ2n) is 1.58. The molecule has 0 saturated carbocycles. The van der Waals surface area contributed by atoms with Crippen LogP contribution in [0.4, 0.5) is 5.00 Å². The van der Waals surface area contributed by atoms with Crippen LogP contribution >= 0.6 is 11.3 Å². The minimum atomic E-state index is -2.36. The standard InChI is InChI=1S/C4H3NO4S2.Na/c6-5(7)3-1-2-4(10-3)11(8)9;/h1-2H,(H,8,9);/q;+1/p-1. The number of rotatable bonds is 2. The fraction of sp³-hybridized carbons (Fsp3) is 0. The average Bonchev–Trinajstić information content (AvgIpc) is 2.33. The largest absolute Gasteiger partial charge is 1.00 e. The van der Waals surface area contributed by atoms with Crippen molar-refractivity contribution >= 4 is 27.4 Å². The Morgan fingerprint density at radius 2 is 2.08 bits per heavy atom. The summed E-state index contributed by atoms with van der Waals surface area (Å²) in [6, 6.07) is 2.36. The van der Waals surface area contributed by atoms with Crippen LogP contribution in [0.3, 0.4) is 0 Å². The van der Waals surface area contributed by atoms with Crippen molar-refractivity contribution in [3.05, 3.63) is 22.2 Å². The maximum atomic E-state index is 10.2. The molecule has 0 saturated heterocycles. The van der Waals surface area contributed by atoms with E-state index in [0.29, 0.717) is 11.3 Å². The summed E-state index contributed by atoms with van der Waals surface area (Å²) >= 11 is -1.72. The summed E-state index contributed by atoms with van der Waals surface area (Å²) in [7, 11) is 0. The number of hydrogen-bond donors (Lipinski definition) is 0. The van der Waals surface area contributed by atoms with E-state index in [1.165, 1.54) is 6.07 Å². The Morgan fingerprint density at radius 1 is 1.50 bits per heavy atom. The van der Waals surface area contributed by atoms with Crippen LogP contribution in [0, 0.1) is 10.1 Å². The van der Waals surface area contributed by atoms with Crippen LogP contribution in [0.5, 0.6) is 0 Å². The number of thiophene rings is 1. The van der Waals surface area contributed by atoms with Crippen LogP contribution in [0.25, 0.3) is 0 Å². The summed E-state index contributed by atoms with van der Waals surface area (Å²) in [5, 5.41) is 9.89. The minimum absolute atomic E-state index is 0. The molecular formula is C4H2NNaO4S2. The molecule has 1 atom stereocenters. The molecule has 0 N–H and O–H groups in total. The van der Waals surface area contributed by atoms with Crippen LogP contribution < -0.4 is 29.6 Å². The summed E-state index contributed by atoms with van der Waals surface area (Å²) in [5.74, 6) is 0. The summed E-state index contributed by atoms with van der Waals surface area (Å²) in [6.45, 7) is 0. The summed E-state index contributed by atoms with van der Waals surface area (Å²) in [6.07, 6.45) is 0. The van der Waals surface area contributed by atoms with Gasteiger partial charge in [-0.1, -0.05) is 11.3 Å². The first-order valence-corrected chi connectivity index (χ1v) is 4.34. The van der Waals surface area contributed by atoms with Gasteiger partial charge in [0.05, 0.1) is 9.13 Å². The van der Waals surface area contributed by atoms with E-state index in [1.54, 1.807) is 0 Å². The summed E-state index contributed by atoms with van der Waals surface area (Å²) in [4.78, 5) is 9.43. The van der Waals surface area contributed by atoms with Gasteiger partial charge in [-0.3, -0.25) is 14.3 Å². The van der Waals surface area contributed by atoms with Gasteiger partial charge < -0.3 is 4.55 Å². The molecule has 0 aliphatic heterocycles. The Bertz CT molecular complexity index is 283. The molecule has 0 amide bonds. The number of nitrogens with zero attached hydrogens (tertiary/aromatic N) is 1. The molecule has 1 aromatic heterocycles. The van der Waals surface area contributed by atoms with Crippen LogP contribution in [-0.2, 0) is 11.1 Å². The van der Waals surface area contributed by atoms with Gasteiger partial charge in [0.15, 0.2) is 0 Å². The van der Waals surface area contributed by atoms with Crippen molar-refractivity contribution in [3.8, 4) is 0 Å². The number of hydrogen-bond acceptors (Lipinski definition) is 5. The van der Waals surface area contributed by atoms with Gasteiger partial charge in [0.25, 0.3) is 0 Å². The first-order chi connectivity index (χ1) is 5.11. The van der Waals surface area contributed by atoms with Gasteiger partial charge in [-0.25, -0.2) is 0 Å². The van der Waals surface area contributed by atoms with Gasteiger partial charge in [0.1, 0.15) is 0 Å². The molecule has 0 spiro atoms. The van der Waals surface area contributed by atoms with Crippen LogP contribution in [0.2, 0.25) is 0 Å². The fourth-order valence-corrected chi connectivity index (χ4v) is 1.76. The number of nitro groups is 1. The van der Waals surface area contributed by atoms with E-state index in [1.807, 2.05) is 0 Å². The molecule has 8 heteroatoms. The zero-order chi connectivity index (χ0) is 8.43. The topological polar surface area (TPSA) is 83.3 Å². The second kappa shape index (κ2) is 5.05. The third-order valence-electron chi connectivity index (χ3n) is 0.911. The smallest absolute Gasteiger partial charge is 0.768 e. The van der Waals surface area contributed by atoms with Gasteiger partial charge >= 0.3 is 34.6 Å². The fourth-order valence-electron chi connectivity index (χ4n) is 0.498. The van der Waals surface area contributed by atoms with Crippen LogP contribution in [-0.4, -0.2) is 13.7 Å². The Kier molecular flexibility index (Phi) is 5.14. The van der Waals surface area contributed by atoms with Crippen molar-refractivity contribution in [2.75, 3.05) is 0 Å². The Morgan fingerprint density at radius 3 is 2.33 bits per heavy atom. The maximum Gasteiger partial charge on any atom is 1.00 e. The first-order valence-electron chi connectivity index (χ1n) is 2.45. The molecule has 1 unspecified atom stereocenters. The predicted octanol–water partition coefficient (Wildman–Crippen LogP) is -2.10. The van der Waals surface area contributed by atoms with Gasteiger partial charge in [-0.15, -0.1) is 0 Å². The Labute approximate surface area is 96.5 Å². The average molecular weight is 215 g/mol. The van der Waals surface area contributed by atoms with Crippen LogP contribution in [0.1, 0.15) is 0 Å². The molecule has 0 bridgehead atoms. The van der Waals surface area contributed by atoms with Crippen molar-refractivity contribution < 1.29 is 43.2 Å². The molecule has 1 heterocycles. The molecule has 0 aliphatic rings. The van der Waals surface area contributed by atoms with Crippen molar-refractivity contribution in [1.29, 1.82) is 0 Å². The molecule has 0 fully saturated rings. The van der Waals surface area contributed by atoms with E-state index in [4.69, 9.17) is 0 Å². The zero-order valence-electron chi connectivity index (χ0n) is 6.05. The molecule has 0 radical (unpaired) electrons. The van der Waals surface area contributed by atoms with E-state index < -0.39 is 16.0 Å². The van der Waals surface area contributed by atoms with Crippen molar-refractivity contribution in [2.24, 2.45) is 0 Å². The van der Waals surface area contributed by atoms with Crippen molar-refractivity contribution in [2.45, 2.75) is 4.21 Å². The predicted molar refractivity (Wildman–Crippen MR) is 38.2 cm³/mol. The zero-order valence-corrected chi connectivity index (χ0v) is 9.68. The monoisotopic (exact) mass is 215 g/mol. The van der Waals surface area contributed by atoms with Crippen LogP contribution in [0.15, 0.2) is 16.3 Å². The third-order valence-corrected chi connectivity index (χ3v) is 2.87. The molecule has 5 nitrogen and oxygen atoms in total. The van der Waals surface area contributed by atoms with E-state index in [9.17, 15) is 18.9 Å². The minimum Gasteiger partial charge on any atom is -0.768 e. The molecule has 0 aliphatic carbocycles. The van der Waals surface area contributed by atoms with Crippen molar-refractivity contribution in [1.82, 2.24) is 0 Å². The van der Waals surface area contributed by atoms with Gasteiger partial charge in [-0.2, -0.15) is 0 Å². The molecular weight excluding hydrogens is 213 g/mol. The first kappa shape index (κ1) is 12.2. The Balaban J connectivity index is 0.00000121. The van der Waals surface area contributed by atoms with E-state index in [0.717, 1.165) is 6.07 Å². The summed E-state index contributed by atoms with van der Waals surface area (Å²) in [5.41, 5.74) is 0. The summed E-state index contributed by atoms with van der Waals surface area (Å²) < 4.78 is 20.4. The van der Waals surface area contributed by atoms with Crippen molar-refractivity contribution in [3.63, 3.8) is 0 Å². The molecule has 0 aromatic carbocycles. The molecule has 60 valence electrons. The van der Waals surface area contributed by atoms with Gasteiger partial charge in [0.2, 0.25) is 0 Å². The van der Waals surface area contributed by atoms with Gasteiger partial charge in [0, 0.05) is 6.07 Å². The van der Waals surface area contributed by atoms with Gasteiger partial charge in [-0.05, 0) is 17.1 Å². The van der Waals surface area contributed by atoms with E-state index in [2.05, 4.69) is 0 Å². The van der Waals surface area contributed by atoms with E-state index >= 15 is 0 Å². The normalized spacial score (nSPS) is 11.8. The quantitative estimate of drug-likeness (QED) is 0.245. The second-order valence-corrected chi connectivity index (χ2v) is 3.81. The SMILES string of the molecule is O=[N+]([O-])c1ccc(S(=O)[O-])s1.[Na+]. The molecule has 1 aromatic rings.